The highest BCUT2D eigenvalue weighted by atomic mass is 14.4. The zero-order chi connectivity index (χ0) is 47.4. The first kappa shape index (κ1) is 79.2. The Morgan fingerprint density at radius 1 is 0.133 bits per heavy atom. The Morgan fingerprint density at radius 2 is 0.200 bits per heavy atom. The Balaban J connectivity index is -0.000000902. The molecule has 0 spiro atoms. The van der Waals surface area contributed by atoms with Crippen LogP contribution in [0.25, 0.3) is 0 Å². The number of hydrogen-bond donors (Lipinski definition) is 0. The zero-order valence-corrected chi connectivity index (χ0v) is 47.4. The Bertz CT molecular complexity index is 984. The first-order valence-electron chi connectivity index (χ1n) is 32.4. The van der Waals surface area contributed by atoms with E-state index in [4.69, 9.17) is 0 Å². The second-order valence-electron chi connectivity index (χ2n) is 29.1. The molecule has 0 aliphatic heterocycles. The third-order valence-electron chi connectivity index (χ3n) is 22.4. The molecular formula is C75H156. The lowest BCUT2D eigenvalue weighted by Gasteiger charge is -2.35. The molecule has 0 saturated heterocycles. The third kappa shape index (κ3) is 31.7. The third-order valence-corrected chi connectivity index (χ3v) is 22.4. The molecule has 0 bridgehead atoms. The van der Waals surface area contributed by atoms with Crippen molar-refractivity contribution in [2.24, 2.45) is 107 Å². The van der Waals surface area contributed by atoms with Gasteiger partial charge in [-0.2, -0.15) is 0 Å². The quantitative estimate of drug-likeness (QED) is 0.205. The smallest absolute Gasteiger partial charge is 0.0411 e. The molecule has 0 aromatic carbocycles. The van der Waals surface area contributed by atoms with Gasteiger partial charge in [-0.3, -0.25) is 0 Å². The lowest BCUT2D eigenvalue weighted by atomic mass is 9.70. The molecular weight excluding hydrogens is 901 g/mol. The van der Waals surface area contributed by atoms with E-state index < -0.39 is 0 Å². The van der Waals surface area contributed by atoms with E-state index in [0.717, 1.165) is 107 Å². The summed E-state index contributed by atoms with van der Waals surface area (Å²) < 4.78 is 0. The highest BCUT2D eigenvalue weighted by molar-refractivity contribution is 4.82. The molecule has 9 aliphatic carbocycles. The molecule has 0 N–H and O–H groups in total. The van der Waals surface area contributed by atoms with Crippen LogP contribution >= 0.6 is 0 Å². The van der Waals surface area contributed by atoms with Crippen LogP contribution in [0.15, 0.2) is 0 Å². The van der Waals surface area contributed by atoms with E-state index >= 15 is 0 Å². The van der Waals surface area contributed by atoms with Crippen LogP contribution in [-0.4, -0.2) is 0 Å². The SMILES string of the molecule is C.C.C.C.C.C.C.C.CC1CCC(CC2CCC(C)CC2)CC1.CC1CCC(CC2CCC(C)CC2)CC1.CC1CCC(CC2CCC(C)CC2)CC1.CC1CCC(CC2CCC(CC3CCC(C)CC3)CC2)CC1. The molecule has 75 heavy (non-hydrogen) atoms. The van der Waals surface area contributed by atoms with Crippen molar-refractivity contribution in [2.75, 3.05) is 0 Å². The van der Waals surface area contributed by atoms with E-state index in [0.29, 0.717) is 0 Å². The van der Waals surface area contributed by atoms with Gasteiger partial charge in [0.25, 0.3) is 0 Å². The Kier molecular flexibility index (Phi) is 46.2. The van der Waals surface area contributed by atoms with Crippen molar-refractivity contribution in [1.29, 1.82) is 0 Å². The van der Waals surface area contributed by atoms with Gasteiger partial charge in [-0.25, -0.2) is 0 Å². The summed E-state index contributed by atoms with van der Waals surface area (Å²) in [5, 5.41) is 0. The van der Waals surface area contributed by atoms with Crippen LogP contribution < -0.4 is 0 Å². The van der Waals surface area contributed by atoms with E-state index in [-0.39, 0.29) is 59.4 Å². The van der Waals surface area contributed by atoms with Crippen molar-refractivity contribution in [3.63, 3.8) is 0 Å². The molecule has 456 valence electrons. The molecule has 9 saturated carbocycles. The molecule has 9 rings (SSSR count). The van der Waals surface area contributed by atoms with E-state index in [1.807, 2.05) is 0 Å². The lowest BCUT2D eigenvalue weighted by Crippen LogP contribution is -2.22. The van der Waals surface area contributed by atoms with E-state index in [2.05, 4.69) is 55.4 Å². The zero-order valence-electron chi connectivity index (χ0n) is 47.4. The molecule has 0 unspecified atom stereocenters. The minimum atomic E-state index is 0. The molecule has 0 heterocycles. The van der Waals surface area contributed by atoms with Gasteiger partial charge in [-0.1, -0.05) is 346 Å². The van der Waals surface area contributed by atoms with Crippen molar-refractivity contribution in [1.82, 2.24) is 0 Å². The molecule has 0 amide bonds. The number of rotatable bonds is 10. The van der Waals surface area contributed by atoms with Gasteiger partial charge in [0.05, 0.1) is 0 Å². The molecule has 0 radical (unpaired) electrons. The Hall–Kier alpha value is 0. The molecule has 9 aliphatic rings. The van der Waals surface area contributed by atoms with Crippen molar-refractivity contribution in [2.45, 2.75) is 378 Å². The van der Waals surface area contributed by atoms with Crippen LogP contribution in [0, 0.1) is 107 Å². The van der Waals surface area contributed by atoms with Crippen LogP contribution in [-0.2, 0) is 0 Å². The maximum atomic E-state index is 2.45. The van der Waals surface area contributed by atoms with Gasteiger partial charge in [-0.05, 0) is 139 Å². The van der Waals surface area contributed by atoms with Gasteiger partial charge in [-0.15, -0.1) is 0 Å². The fraction of sp³-hybridized carbons (Fsp3) is 1.00. The molecule has 0 aromatic rings. The first-order chi connectivity index (χ1) is 32.4. The fourth-order valence-corrected chi connectivity index (χ4v) is 16.6. The summed E-state index contributed by atoms with van der Waals surface area (Å²) in [6.45, 7) is 19.5. The highest BCUT2D eigenvalue weighted by Gasteiger charge is 2.30. The average molecular weight is 1060 g/mol. The fourth-order valence-electron chi connectivity index (χ4n) is 16.6. The molecule has 0 heteroatoms. The highest BCUT2D eigenvalue weighted by Crippen LogP contribution is 2.44. The summed E-state index contributed by atoms with van der Waals surface area (Å²) in [5.74, 6) is 19.1. The van der Waals surface area contributed by atoms with Gasteiger partial charge >= 0.3 is 0 Å². The largest absolute Gasteiger partial charge is 0.0776 e. The molecule has 0 nitrogen and oxygen atoms in total. The van der Waals surface area contributed by atoms with Gasteiger partial charge in [0.2, 0.25) is 0 Å². The normalized spacial score (nSPS) is 38.6. The summed E-state index contributed by atoms with van der Waals surface area (Å²) in [5.41, 5.74) is 0. The molecule has 0 aromatic heterocycles. The predicted octanol–water partition coefficient (Wildman–Crippen LogP) is 27.4. The van der Waals surface area contributed by atoms with Crippen LogP contribution in [0.2, 0.25) is 0 Å². The maximum absolute atomic E-state index is 2.45. The standard InChI is InChI=1S/C22H40.3C15H28.8CH4/c1-17-3-7-19(8-4-17)15-21-11-13-22(14-12-21)16-20-9-5-18(2)6-10-20;3*1-12-3-7-14(8-4-12)11-15-9-5-13(2)6-10-15;;;;;;;;/h17-22H,3-16H2,1-2H3;3*12-15H,3-11H2,1-2H3;8*1H4. The monoisotopic (exact) mass is 1060 g/mol. The van der Waals surface area contributed by atoms with Crippen LogP contribution in [0.5, 0.6) is 0 Å². The second kappa shape index (κ2) is 43.7. The summed E-state index contributed by atoms with van der Waals surface area (Å²) in [6, 6.07) is 0. The van der Waals surface area contributed by atoms with Crippen molar-refractivity contribution >= 4 is 0 Å². The molecule has 0 atom stereocenters. The maximum Gasteiger partial charge on any atom is -0.0411 e. The summed E-state index contributed by atoms with van der Waals surface area (Å²) in [4.78, 5) is 0. The van der Waals surface area contributed by atoms with E-state index in [1.54, 1.807) is 83.5 Å². The van der Waals surface area contributed by atoms with Crippen molar-refractivity contribution in [3.05, 3.63) is 0 Å². The molecule has 9 fully saturated rings. The second-order valence-corrected chi connectivity index (χ2v) is 29.1. The van der Waals surface area contributed by atoms with Crippen molar-refractivity contribution < 1.29 is 0 Å². The summed E-state index contributed by atoms with van der Waals surface area (Å²) >= 11 is 0. The lowest BCUT2D eigenvalue weighted by molar-refractivity contribution is 0.168. The first-order valence-corrected chi connectivity index (χ1v) is 32.4. The Morgan fingerprint density at radius 3 is 0.280 bits per heavy atom. The minimum Gasteiger partial charge on any atom is -0.0776 e. The average Bonchev–Trinajstić information content (AvgIpc) is 3.34. The van der Waals surface area contributed by atoms with Gasteiger partial charge in [0.1, 0.15) is 0 Å². The minimum absolute atomic E-state index is 0. The van der Waals surface area contributed by atoms with Crippen LogP contribution in [0.1, 0.15) is 378 Å². The van der Waals surface area contributed by atoms with Gasteiger partial charge < -0.3 is 0 Å². The van der Waals surface area contributed by atoms with E-state index in [1.165, 1.54) is 180 Å². The summed E-state index contributed by atoms with van der Waals surface area (Å²) in [6.07, 6.45) is 62.9. The van der Waals surface area contributed by atoms with Crippen LogP contribution in [0.3, 0.4) is 0 Å². The number of hydrogen-bond acceptors (Lipinski definition) is 0. The van der Waals surface area contributed by atoms with Crippen molar-refractivity contribution in [3.8, 4) is 0 Å². The van der Waals surface area contributed by atoms with Crippen LogP contribution in [0.4, 0.5) is 0 Å². The summed E-state index contributed by atoms with van der Waals surface area (Å²) in [7, 11) is 0. The Labute approximate surface area is 482 Å². The van der Waals surface area contributed by atoms with Gasteiger partial charge in [0.15, 0.2) is 0 Å². The van der Waals surface area contributed by atoms with E-state index in [9.17, 15) is 0 Å². The van der Waals surface area contributed by atoms with Gasteiger partial charge in [0, 0.05) is 0 Å². The topological polar surface area (TPSA) is 0 Å². The predicted molar refractivity (Wildman–Crippen MR) is 351 cm³/mol.